The Morgan fingerprint density at radius 1 is 1.21 bits per heavy atom. The Hall–Kier alpha value is -3.65. The normalized spacial score (nSPS) is 16.6. The van der Waals surface area contributed by atoms with Crippen molar-refractivity contribution in [1.82, 2.24) is 10.2 Å². The molecule has 0 radical (unpaired) electrons. The minimum atomic E-state index is -3.79. The molecule has 1 unspecified atom stereocenters. The van der Waals surface area contributed by atoms with Crippen LogP contribution in [0.1, 0.15) is 29.0 Å². The average Bonchev–Trinajstić information content (AvgIpc) is 3.24. The van der Waals surface area contributed by atoms with Gasteiger partial charge in [-0.15, -0.1) is 6.42 Å². The standard InChI is InChI=1S/C24H24N4O5S/c1-2-16-5-3-7-21-20(16)13-22(33-21)24(30)27-18-6-4-12-28(14-18)15-23(29)26-17-8-10-19(11-9-17)34(25,31)32/h1,3,5,7-11,13,18H,4,6,12,14-15H2,(H,26,29)(H,27,30)(H2,25,31,32). The Kier molecular flexibility index (Phi) is 6.70. The summed E-state index contributed by atoms with van der Waals surface area (Å²) in [6.45, 7) is 1.37. The molecule has 4 N–H and O–H groups in total. The molecule has 0 aliphatic carbocycles. The number of amides is 2. The van der Waals surface area contributed by atoms with Gasteiger partial charge in [-0.1, -0.05) is 12.0 Å². The molecule has 0 bridgehead atoms. The largest absolute Gasteiger partial charge is 0.451 e. The molecule has 2 aromatic carbocycles. The third-order valence-electron chi connectivity index (χ3n) is 5.62. The quantitative estimate of drug-likeness (QED) is 0.461. The summed E-state index contributed by atoms with van der Waals surface area (Å²) in [6.07, 6.45) is 7.13. The molecular weight excluding hydrogens is 456 g/mol. The van der Waals surface area contributed by atoms with Crippen LogP contribution in [0.5, 0.6) is 0 Å². The van der Waals surface area contributed by atoms with Crippen LogP contribution >= 0.6 is 0 Å². The van der Waals surface area contributed by atoms with E-state index in [1.165, 1.54) is 24.3 Å². The van der Waals surface area contributed by atoms with Crippen LogP contribution in [-0.4, -0.2) is 50.8 Å². The number of furan rings is 1. The van der Waals surface area contributed by atoms with Gasteiger partial charge in [-0.05, 0) is 61.9 Å². The predicted octanol–water partition coefficient (Wildman–Crippen LogP) is 1.89. The monoisotopic (exact) mass is 480 g/mol. The zero-order chi connectivity index (χ0) is 24.3. The molecule has 1 aliphatic rings. The molecule has 176 valence electrons. The fourth-order valence-corrected chi connectivity index (χ4v) is 4.52. The van der Waals surface area contributed by atoms with Gasteiger partial charge in [0.2, 0.25) is 15.9 Å². The topological polar surface area (TPSA) is 135 Å². The molecule has 0 spiro atoms. The fraction of sp³-hybridized carbons (Fsp3) is 0.250. The van der Waals surface area contributed by atoms with Crippen molar-refractivity contribution in [2.75, 3.05) is 25.0 Å². The molecular formula is C24H24N4O5S. The van der Waals surface area contributed by atoms with E-state index < -0.39 is 10.0 Å². The summed E-state index contributed by atoms with van der Waals surface area (Å²) in [6, 6.07) is 12.5. The number of piperidine rings is 1. The van der Waals surface area contributed by atoms with E-state index in [2.05, 4.69) is 16.6 Å². The van der Waals surface area contributed by atoms with E-state index >= 15 is 0 Å². The second kappa shape index (κ2) is 9.69. The number of rotatable bonds is 6. The van der Waals surface area contributed by atoms with Crippen molar-refractivity contribution >= 4 is 38.5 Å². The third kappa shape index (κ3) is 5.46. The number of likely N-dealkylation sites (tertiary alicyclic amines) is 1. The number of primary sulfonamides is 1. The van der Waals surface area contributed by atoms with Crippen LogP contribution in [0.3, 0.4) is 0 Å². The summed E-state index contributed by atoms with van der Waals surface area (Å²) < 4.78 is 28.4. The number of hydrogen-bond donors (Lipinski definition) is 3. The van der Waals surface area contributed by atoms with E-state index in [1.807, 2.05) is 4.90 Å². The highest BCUT2D eigenvalue weighted by Crippen LogP contribution is 2.23. The molecule has 2 amide bonds. The number of nitrogens with two attached hydrogens (primary N) is 1. The van der Waals surface area contributed by atoms with Crippen molar-refractivity contribution in [3.8, 4) is 12.3 Å². The zero-order valence-corrected chi connectivity index (χ0v) is 19.1. The first-order valence-electron chi connectivity index (χ1n) is 10.7. The first kappa shape index (κ1) is 23.5. The SMILES string of the molecule is C#Cc1cccc2oc(C(=O)NC3CCCN(CC(=O)Nc4ccc(S(N)(=O)=O)cc4)C3)cc12. The second-order valence-corrected chi connectivity index (χ2v) is 9.70. The summed E-state index contributed by atoms with van der Waals surface area (Å²) in [7, 11) is -3.79. The molecule has 0 saturated carbocycles. The van der Waals surface area contributed by atoms with Gasteiger partial charge < -0.3 is 15.1 Å². The lowest BCUT2D eigenvalue weighted by Gasteiger charge is -2.32. The Morgan fingerprint density at radius 2 is 1.97 bits per heavy atom. The number of terminal acetylenes is 1. The van der Waals surface area contributed by atoms with Crippen LogP contribution in [0.4, 0.5) is 5.69 Å². The number of nitrogens with one attached hydrogen (secondary N) is 2. The molecule has 2 heterocycles. The van der Waals surface area contributed by atoms with Gasteiger partial charge in [0.25, 0.3) is 5.91 Å². The fourth-order valence-electron chi connectivity index (χ4n) is 4.00. The van der Waals surface area contributed by atoms with E-state index in [0.717, 1.165) is 19.4 Å². The summed E-state index contributed by atoms with van der Waals surface area (Å²) in [5.74, 6) is 2.21. The summed E-state index contributed by atoms with van der Waals surface area (Å²) in [5.41, 5.74) is 1.68. The van der Waals surface area contributed by atoms with Crippen LogP contribution in [0.15, 0.2) is 57.8 Å². The zero-order valence-electron chi connectivity index (χ0n) is 18.3. The Balaban J connectivity index is 1.33. The summed E-state index contributed by atoms with van der Waals surface area (Å²) >= 11 is 0. The Morgan fingerprint density at radius 3 is 2.68 bits per heavy atom. The minimum absolute atomic E-state index is 0.0277. The predicted molar refractivity (Wildman–Crippen MR) is 128 cm³/mol. The lowest BCUT2D eigenvalue weighted by Crippen LogP contribution is -2.49. The highest BCUT2D eigenvalue weighted by molar-refractivity contribution is 7.89. The van der Waals surface area contributed by atoms with E-state index in [4.69, 9.17) is 16.0 Å². The molecule has 34 heavy (non-hydrogen) atoms. The van der Waals surface area contributed by atoms with Crippen LogP contribution in [-0.2, 0) is 14.8 Å². The lowest BCUT2D eigenvalue weighted by atomic mass is 10.1. The van der Waals surface area contributed by atoms with Crippen molar-refractivity contribution in [3.63, 3.8) is 0 Å². The van der Waals surface area contributed by atoms with Crippen LogP contribution in [0.25, 0.3) is 11.0 Å². The van der Waals surface area contributed by atoms with E-state index in [9.17, 15) is 18.0 Å². The smallest absolute Gasteiger partial charge is 0.287 e. The molecule has 9 nitrogen and oxygen atoms in total. The number of fused-ring (bicyclic) bond motifs is 1. The molecule has 4 rings (SSSR count). The molecule has 1 fully saturated rings. The molecule has 1 aromatic heterocycles. The Labute approximate surface area is 197 Å². The van der Waals surface area contributed by atoms with Gasteiger partial charge in [-0.25, -0.2) is 13.6 Å². The first-order valence-corrected chi connectivity index (χ1v) is 12.2. The molecule has 1 atom stereocenters. The molecule has 3 aromatic rings. The molecule has 1 aliphatic heterocycles. The molecule has 1 saturated heterocycles. The first-order chi connectivity index (χ1) is 16.2. The van der Waals surface area contributed by atoms with Crippen LogP contribution in [0, 0.1) is 12.3 Å². The number of benzene rings is 2. The van der Waals surface area contributed by atoms with Crippen molar-refractivity contribution in [2.24, 2.45) is 5.14 Å². The lowest BCUT2D eigenvalue weighted by molar-refractivity contribution is -0.117. The van der Waals surface area contributed by atoms with E-state index in [1.54, 1.807) is 24.3 Å². The van der Waals surface area contributed by atoms with Gasteiger partial charge in [-0.3, -0.25) is 14.5 Å². The van der Waals surface area contributed by atoms with Crippen LogP contribution < -0.4 is 15.8 Å². The minimum Gasteiger partial charge on any atom is -0.451 e. The number of hydrogen-bond acceptors (Lipinski definition) is 6. The highest BCUT2D eigenvalue weighted by Gasteiger charge is 2.24. The van der Waals surface area contributed by atoms with Crippen molar-refractivity contribution in [2.45, 2.75) is 23.8 Å². The molecule has 10 heteroatoms. The second-order valence-electron chi connectivity index (χ2n) is 8.14. The summed E-state index contributed by atoms with van der Waals surface area (Å²) in [4.78, 5) is 27.1. The van der Waals surface area contributed by atoms with Gasteiger partial charge in [0.1, 0.15) is 5.58 Å². The number of sulfonamides is 1. The number of carbonyl (C=O) groups excluding carboxylic acids is 2. The van der Waals surface area contributed by atoms with Crippen molar-refractivity contribution < 1.29 is 22.4 Å². The van der Waals surface area contributed by atoms with Gasteiger partial charge in [0, 0.05) is 29.2 Å². The highest BCUT2D eigenvalue weighted by atomic mass is 32.2. The Bertz CT molecular complexity index is 1370. The summed E-state index contributed by atoms with van der Waals surface area (Å²) in [5, 5.41) is 11.5. The average molecular weight is 481 g/mol. The number of anilines is 1. The van der Waals surface area contributed by atoms with Gasteiger partial charge >= 0.3 is 0 Å². The van der Waals surface area contributed by atoms with Gasteiger partial charge in [0.05, 0.1) is 11.4 Å². The van der Waals surface area contributed by atoms with Gasteiger partial charge in [-0.2, -0.15) is 0 Å². The van der Waals surface area contributed by atoms with Crippen molar-refractivity contribution in [3.05, 3.63) is 59.9 Å². The maximum atomic E-state index is 12.7. The maximum absolute atomic E-state index is 12.7. The van der Waals surface area contributed by atoms with Crippen LogP contribution in [0.2, 0.25) is 0 Å². The number of nitrogens with zero attached hydrogens (tertiary/aromatic N) is 1. The third-order valence-corrected chi connectivity index (χ3v) is 6.54. The number of carbonyl (C=O) groups is 2. The van der Waals surface area contributed by atoms with Gasteiger partial charge in [0.15, 0.2) is 5.76 Å². The van der Waals surface area contributed by atoms with Crippen molar-refractivity contribution in [1.29, 1.82) is 0 Å². The van der Waals surface area contributed by atoms with E-state index in [0.29, 0.717) is 28.8 Å². The van der Waals surface area contributed by atoms with E-state index in [-0.39, 0.29) is 35.1 Å². The maximum Gasteiger partial charge on any atom is 0.287 e.